The molecule has 1 aromatic carbocycles. The second-order valence-corrected chi connectivity index (χ2v) is 6.07. The average Bonchev–Trinajstić information content (AvgIpc) is 2.54. The molecule has 0 aliphatic heterocycles. The third kappa shape index (κ3) is 10.7. The van der Waals surface area contributed by atoms with Gasteiger partial charge in [-0.3, -0.25) is 5.43 Å². The number of thiocarbonyl (C=S) groups is 1. The van der Waals surface area contributed by atoms with Gasteiger partial charge in [-0.1, -0.05) is 51.9 Å². The molecule has 0 aliphatic rings. The fraction of sp³-hybridized carbons (Fsp3) is 0.556. The van der Waals surface area contributed by atoms with Gasteiger partial charge in [0.2, 0.25) is 0 Å². The number of rotatable bonds is 12. The van der Waals surface area contributed by atoms with Crippen LogP contribution in [-0.4, -0.2) is 17.9 Å². The molecular weight excluding hydrogens is 306 g/mol. The van der Waals surface area contributed by atoms with Gasteiger partial charge in [0.25, 0.3) is 0 Å². The molecule has 0 saturated carbocycles. The molecule has 0 aromatic heterocycles. The van der Waals surface area contributed by atoms with E-state index in [2.05, 4.69) is 29.7 Å². The Hall–Kier alpha value is -1.62. The lowest BCUT2D eigenvalue weighted by Gasteiger charge is -2.06. The highest BCUT2D eigenvalue weighted by Gasteiger charge is 1.95. The van der Waals surface area contributed by atoms with E-state index in [1.807, 2.05) is 24.3 Å². The first kappa shape index (κ1) is 19.4. The highest BCUT2D eigenvalue weighted by atomic mass is 32.1. The van der Waals surface area contributed by atoms with E-state index >= 15 is 0 Å². The van der Waals surface area contributed by atoms with E-state index in [1.165, 1.54) is 44.9 Å². The normalized spacial score (nSPS) is 10.8. The number of nitrogens with one attached hydrogen (secondary N) is 1. The third-order valence-corrected chi connectivity index (χ3v) is 3.63. The van der Waals surface area contributed by atoms with Crippen LogP contribution in [-0.2, 0) is 0 Å². The van der Waals surface area contributed by atoms with Gasteiger partial charge in [-0.2, -0.15) is 5.10 Å². The molecule has 0 atom stereocenters. The van der Waals surface area contributed by atoms with Gasteiger partial charge in [-0.05, 0) is 48.5 Å². The molecular formula is C18H29N3OS. The number of hydrogen-bond acceptors (Lipinski definition) is 3. The second kappa shape index (κ2) is 12.9. The van der Waals surface area contributed by atoms with Gasteiger partial charge in [0.15, 0.2) is 5.11 Å². The minimum atomic E-state index is 0.159. The molecule has 0 bridgehead atoms. The Labute approximate surface area is 145 Å². The number of nitrogens with two attached hydrogens (primary N) is 1. The van der Waals surface area contributed by atoms with Crippen LogP contribution in [0, 0.1) is 0 Å². The molecule has 0 aliphatic carbocycles. The van der Waals surface area contributed by atoms with Crippen molar-refractivity contribution in [2.45, 2.75) is 58.3 Å². The molecule has 0 unspecified atom stereocenters. The van der Waals surface area contributed by atoms with Gasteiger partial charge in [0.05, 0.1) is 12.8 Å². The van der Waals surface area contributed by atoms with E-state index in [4.69, 9.17) is 10.5 Å². The van der Waals surface area contributed by atoms with Crippen LogP contribution in [0.1, 0.15) is 63.9 Å². The van der Waals surface area contributed by atoms with Crippen molar-refractivity contribution >= 4 is 23.5 Å². The van der Waals surface area contributed by atoms with Gasteiger partial charge in [0.1, 0.15) is 5.75 Å². The summed E-state index contributed by atoms with van der Waals surface area (Å²) in [7, 11) is 0. The molecule has 0 spiro atoms. The van der Waals surface area contributed by atoms with Crippen LogP contribution >= 0.6 is 12.2 Å². The van der Waals surface area contributed by atoms with Crippen molar-refractivity contribution in [3.63, 3.8) is 0 Å². The van der Waals surface area contributed by atoms with Crippen molar-refractivity contribution < 1.29 is 4.74 Å². The number of hydrazone groups is 1. The summed E-state index contributed by atoms with van der Waals surface area (Å²) < 4.78 is 5.75. The first-order valence-corrected chi connectivity index (χ1v) is 8.94. The zero-order chi connectivity index (χ0) is 16.8. The first-order chi connectivity index (χ1) is 11.2. The van der Waals surface area contributed by atoms with Crippen molar-refractivity contribution in [1.82, 2.24) is 5.43 Å². The fourth-order valence-corrected chi connectivity index (χ4v) is 2.30. The largest absolute Gasteiger partial charge is 0.494 e. The summed E-state index contributed by atoms with van der Waals surface area (Å²) in [5, 5.41) is 4.07. The van der Waals surface area contributed by atoms with Gasteiger partial charge >= 0.3 is 0 Å². The zero-order valence-electron chi connectivity index (χ0n) is 14.1. The Balaban J connectivity index is 2.09. The van der Waals surface area contributed by atoms with Gasteiger partial charge in [-0.25, -0.2) is 0 Å². The zero-order valence-corrected chi connectivity index (χ0v) is 14.9. The lowest BCUT2D eigenvalue weighted by molar-refractivity contribution is 0.304. The molecule has 128 valence electrons. The lowest BCUT2D eigenvalue weighted by Crippen LogP contribution is -2.23. The molecule has 23 heavy (non-hydrogen) atoms. The fourth-order valence-electron chi connectivity index (χ4n) is 2.25. The minimum absolute atomic E-state index is 0.159. The topological polar surface area (TPSA) is 59.6 Å². The molecule has 0 amide bonds. The van der Waals surface area contributed by atoms with E-state index in [0.717, 1.165) is 24.3 Å². The number of hydrogen-bond donors (Lipinski definition) is 2. The monoisotopic (exact) mass is 335 g/mol. The Bertz CT molecular complexity index is 460. The summed E-state index contributed by atoms with van der Waals surface area (Å²) in [4.78, 5) is 0. The van der Waals surface area contributed by atoms with Crippen molar-refractivity contribution in [2.24, 2.45) is 10.8 Å². The summed E-state index contributed by atoms with van der Waals surface area (Å²) in [6, 6.07) is 7.81. The highest BCUT2D eigenvalue weighted by Crippen LogP contribution is 2.13. The number of ether oxygens (including phenoxy) is 1. The van der Waals surface area contributed by atoms with E-state index in [9.17, 15) is 0 Å². The SMILES string of the molecule is CCCCCCCCCCOc1ccc(C=NNC(N)=S)cc1. The van der Waals surface area contributed by atoms with Crippen molar-refractivity contribution in [3.05, 3.63) is 29.8 Å². The second-order valence-electron chi connectivity index (χ2n) is 5.63. The quantitative estimate of drug-likeness (QED) is 0.258. The standard InChI is InChI=1S/C18H29N3OS/c1-2-3-4-5-6-7-8-9-14-22-17-12-10-16(11-13-17)15-20-21-18(19)23/h10-13,15H,2-9,14H2,1H3,(H3,19,21,23). The Morgan fingerprint density at radius 1 is 1.09 bits per heavy atom. The average molecular weight is 336 g/mol. The van der Waals surface area contributed by atoms with Gasteiger partial charge in [-0.15, -0.1) is 0 Å². The maximum Gasteiger partial charge on any atom is 0.184 e. The van der Waals surface area contributed by atoms with E-state index in [0.29, 0.717) is 0 Å². The predicted molar refractivity (Wildman–Crippen MR) is 102 cm³/mol. The predicted octanol–water partition coefficient (Wildman–Crippen LogP) is 4.37. The van der Waals surface area contributed by atoms with Crippen LogP contribution in [0.4, 0.5) is 0 Å². The Morgan fingerprint density at radius 2 is 1.70 bits per heavy atom. The third-order valence-electron chi connectivity index (χ3n) is 3.54. The molecule has 3 N–H and O–H groups in total. The first-order valence-electron chi connectivity index (χ1n) is 8.53. The molecule has 4 nitrogen and oxygen atoms in total. The lowest BCUT2D eigenvalue weighted by atomic mass is 10.1. The molecule has 1 rings (SSSR count). The number of nitrogens with zero attached hydrogens (tertiary/aromatic N) is 1. The minimum Gasteiger partial charge on any atom is -0.494 e. The summed E-state index contributed by atoms with van der Waals surface area (Å²) in [6.07, 6.45) is 12.2. The maximum atomic E-state index is 5.75. The number of unbranched alkanes of at least 4 members (excludes halogenated alkanes) is 7. The molecule has 1 aromatic rings. The highest BCUT2D eigenvalue weighted by molar-refractivity contribution is 7.80. The molecule has 0 heterocycles. The Kier molecular flexibility index (Phi) is 10.9. The molecule has 0 radical (unpaired) electrons. The smallest absolute Gasteiger partial charge is 0.184 e. The summed E-state index contributed by atoms with van der Waals surface area (Å²) in [6.45, 7) is 3.04. The van der Waals surface area contributed by atoms with Crippen LogP contribution in [0.5, 0.6) is 5.75 Å². The maximum absolute atomic E-state index is 5.75. The van der Waals surface area contributed by atoms with Crippen LogP contribution in [0.25, 0.3) is 0 Å². The van der Waals surface area contributed by atoms with Crippen LogP contribution in [0.2, 0.25) is 0 Å². The van der Waals surface area contributed by atoms with Crippen LogP contribution < -0.4 is 15.9 Å². The summed E-state index contributed by atoms with van der Waals surface area (Å²) >= 11 is 4.67. The van der Waals surface area contributed by atoms with E-state index in [1.54, 1.807) is 6.21 Å². The number of benzene rings is 1. The van der Waals surface area contributed by atoms with Crippen molar-refractivity contribution in [1.29, 1.82) is 0 Å². The van der Waals surface area contributed by atoms with Gasteiger partial charge in [0, 0.05) is 0 Å². The van der Waals surface area contributed by atoms with Crippen molar-refractivity contribution in [3.8, 4) is 5.75 Å². The van der Waals surface area contributed by atoms with Crippen molar-refractivity contribution in [2.75, 3.05) is 6.61 Å². The van der Waals surface area contributed by atoms with Gasteiger partial charge < -0.3 is 10.5 Å². The Morgan fingerprint density at radius 3 is 2.30 bits per heavy atom. The van der Waals surface area contributed by atoms with E-state index in [-0.39, 0.29) is 5.11 Å². The summed E-state index contributed by atoms with van der Waals surface area (Å²) in [5.74, 6) is 0.896. The van der Waals surface area contributed by atoms with Crippen LogP contribution in [0.3, 0.4) is 0 Å². The molecule has 5 heteroatoms. The van der Waals surface area contributed by atoms with Crippen LogP contribution in [0.15, 0.2) is 29.4 Å². The summed E-state index contributed by atoms with van der Waals surface area (Å²) in [5.41, 5.74) is 8.78. The van der Waals surface area contributed by atoms with E-state index < -0.39 is 0 Å². The molecule has 0 saturated heterocycles. The molecule has 0 fully saturated rings.